The van der Waals surface area contributed by atoms with Crippen LogP contribution in [0, 0.1) is 11.3 Å². The summed E-state index contributed by atoms with van der Waals surface area (Å²) in [7, 11) is 0. The van der Waals surface area contributed by atoms with E-state index in [-0.39, 0.29) is 30.7 Å². The van der Waals surface area contributed by atoms with Crippen molar-refractivity contribution in [1.29, 1.82) is 5.41 Å². The number of allylic oxidation sites excluding steroid dienone is 2. The molecule has 1 aliphatic heterocycles. The molecule has 400 valence electrons. The Morgan fingerprint density at radius 2 is 1.26 bits per heavy atom. The van der Waals surface area contributed by atoms with Gasteiger partial charge >= 0.3 is 17.9 Å². The van der Waals surface area contributed by atoms with E-state index in [1.807, 2.05) is 5.32 Å². The predicted octanol–water partition coefficient (Wildman–Crippen LogP) is -5.68. The molecule has 1 saturated heterocycles. The van der Waals surface area contributed by atoms with E-state index in [0.29, 0.717) is 19.3 Å². The average molecular weight is 1020 g/mol. The number of hydrogen-bond acceptors (Lipinski definition) is 17. The molecule has 1 aliphatic carbocycles. The van der Waals surface area contributed by atoms with Gasteiger partial charge in [0.05, 0.1) is 64.1 Å². The summed E-state index contributed by atoms with van der Waals surface area (Å²) < 4.78 is 5.83. The zero-order valence-electron chi connectivity index (χ0n) is 40.0. The smallest absolute Gasteiger partial charge is 0.305 e. The van der Waals surface area contributed by atoms with Crippen LogP contribution >= 0.6 is 0 Å². The van der Waals surface area contributed by atoms with Crippen molar-refractivity contribution in [1.82, 2.24) is 47.9 Å². The second-order valence-corrected chi connectivity index (χ2v) is 17.1. The van der Waals surface area contributed by atoms with Crippen LogP contribution in [0.4, 0.5) is 0 Å². The normalized spacial score (nSPS) is 26.2. The number of nitrogens with one attached hydrogen (secondary N) is 10. The molecule has 0 spiro atoms. The van der Waals surface area contributed by atoms with E-state index in [0.717, 1.165) is 6.92 Å². The second kappa shape index (κ2) is 30.4. The lowest BCUT2D eigenvalue weighted by Gasteiger charge is -2.28. The van der Waals surface area contributed by atoms with Gasteiger partial charge in [0.25, 0.3) is 0 Å². The molecule has 16 N–H and O–H groups in total. The Labute approximate surface area is 412 Å². The largest absolute Gasteiger partial charge is 0.481 e. The van der Waals surface area contributed by atoms with E-state index in [1.54, 1.807) is 6.08 Å². The number of carbonyl (C=O) groups is 13. The standard InChI is InChI=1S/C43H65N11O18/c1-20(11-34(60)61)37-43(71)49-23(13-30(56)24-7-4-5-8-25(24)45)19-72-21(2)12-31(57)46-16-32(58)50-26(9-6-10-44)40(68)53-28(15-36(64)65)41(69)48-22(3)38(66)52-27(14-35(62)63)39(67)47-17-33(59)51-29(18-55)42(70)54-37/h7,20-23,26-29,37,45,55H,4-6,8-19,44H2,1-3H3,(H,46,57)(H,47,67)(H,48,69)(H,49,71)(H,50,58)(H,51,59)(H,52,66)(H,53,68)(H,54,70)(H,60,61)(H,62,63)(H,64,65). The van der Waals surface area contributed by atoms with Crippen LogP contribution in [0.5, 0.6) is 0 Å². The number of ketones is 1. The number of carboxylic acid groups (broad SMARTS) is 3. The van der Waals surface area contributed by atoms with Crippen LogP contribution in [-0.2, 0) is 67.1 Å². The van der Waals surface area contributed by atoms with Gasteiger partial charge in [-0.15, -0.1) is 0 Å². The molecule has 2 rings (SSSR count). The first-order valence-electron chi connectivity index (χ1n) is 22.9. The van der Waals surface area contributed by atoms with E-state index < -0.39 is 190 Å². The molecule has 0 aromatic rings. The third kappa shape index (κ3) is 21.7. The number of ether oxygens (including phenoxy) is 1. The number of hydrogen-bond donors (Lipinski definition) is 15. The van der Waals surface area contributed by atoms with Crippen molar-refractivity contribution in [3.63, 3.8) is 0 Å². The van der Waals surface area contributed by atoms with Crippen LogP contribution < -0.4 is 53.6 Å². The fraction of sp³-hybridized carbons (Fsp3) is 0.628. The quantitative estimate of drug-likeness (QED) is 0.0771. The van der Waals surface area contributed by atoms with Crippen LogP contribution in [0.3, 0.4) is 0 Å². The van der Waals surface area contributed by atoms with Gasteiger partial charge < -0.3 is 84.2 Å². The molecule has 0 aromatic carbocycles. The van der Waals surface area contributed by atoms with Gasteiger partial charge in [-0.3, -0.25) is 62.3 Å². The first kappa shape index (κ1) is 60.7. The molecule has 9 atom stereocenters. The van der Waals surface area contributed by atoms with Crippen molar-refractivity contribution >= 4 is 82.6 Å². The van der Waals surface area contributed by atoms with Gasteiger partial charge in [0, 0.05) is 17.7 Å². The number of rotatable bonds is 14. The molecule has 9 amide bonds. The van der Waals surface area contributed by atoms with Crippen molar-refractivity contribution < 1.29 is 87.5 Å². The van der Waals surface area contributed by atoms with Crippen molar-refractivity contribution in [3.8, 4) is 0 Å². The Hall–Kier alpha value is -7.40. The molecule has 2 aliphatic rings. The summed E-state index contributed by atoms with van der Waals surface area (Å²) in [5.41, 5.74) is 5.75. The Kier molecular flexibility index (Phi) is 25.6. The summed E-state index contributed by atoms with van der Waals surface area (Å²) in [5.74, 6) is -16.3. The zero-order chi connectivity index (χ0) is 54.2. The number of nitrogens with two attached hydrogens (primary N) is 1. The number of Topliss-reactive ketones (excluding diaryl/α,β-unsaturated/α-hetero) is 1. The monoisotopic (exact) mass is 1020 g/mol. The first-order chi connectivity index (χ1) is 33.8. The molecule has 1 fully saturated rings. The van der Waals surface area contributed by atoms with Crippen molar-refractivity contribution in [2.24, 2.45) is 11.7 Å². The van der Waals surface area contributed by atoms with E-state index in [1.165, 1.54) is 13.8 Å². The predicted molar refractivity (Wildman–Crippen MR) is 246 cm³/mol. The highest BCUT2D eigenvalue weighted by Gasteiger charge is 2.35. The molecule has 9 unspecified atom stereocenters. The number of aliphatic carboxylic acids is 3. The number of carbonyl (C=O) groups excluding carboxylic acids is 10. The Morgan fingerprint density at radius 1 is 0.694 bits per heavy atom. The van der Waals surface area contributed by atoms with Crippen molar-refractivity contribution in [3.05, 3.63) is 11.6 Å². The summed E-state index contributed by atoms with van der Waals surface area (Å²) in [6.45, 7) is 0.500. The van der Waals surface area contributed by atoms with Crippen LogP contribution in [-0.4, -0.2) is 184 Å². The third-order valence-electron chi connectivity index (χ3n) is 10.9. The lowest BCUT2D eigenvalue weighted by Crippen LogP contribution is -2.59. The summed E-state index contributed by atoms with van der Waals surface area (Å²) in [6.07, 6.45) is -1.71. The minimum Gasteiger partial charge on any atom is -0.481 e. The Morgan fingerprint density at radius 3 is 1.85 bits per heavy atom. The SMILES string of the molecule is CC1CC(=O)NCC(=O)NC(CCCN)C(=O)NC(CC(=O)O)C(=O)NC(C)C(=O)NC(CC(=O)O)C(=O)NCC(=O)NC(CO)C(=O)NC(C(C)CC(=O)O)C(=O)NC(CC(=O)C2=CCCCC2=N)CO1. The summed E-state index contributed by atoms with van der Waals surface area (Å²) in [4.78, 5) is 168. The second-order valence-electron chi connectivity index (χ2n) is 17.1. The molecule has 29 heteroatoms. The average Bonchev–Trinajstić information content (AvgIpc) is 3.29. The van der Waals surface area contributed by atoms with Crippen LogP contribution in [0.15, 0.2) is 11.6 Å². The van der Waals surface area contributed by atoms with Crippen molar-refractivity contribution in [2.75, 3.05) is 32.8 Å². The highest BCUT2D eigenvalue weighted by atomic mass is 16.5. The van der Waals surface area contributed by atoms with Crippen molar-refractivity contribution in [2.45, 2.75) is 133 Å². The first-order valence-corrected chi connectivity index (χ1v) is 22.9. The molecule has 0 aromatic heterocycles. The highest BCUT2D eigenvalue weighted by Crippen LogP contribution is 2.18. The minimum atomic E-state index is -1.93. The topological polar surface area (TPSA) is 470 Å². The van der Waals surface area contributed by atoms with Crippen LogP contribution in [0.2, 0.25) is 0 Å². The maximum absolute atomic E-state index is 14.0. The van der Waals surface area contributed by atoms with E-state index >= 15 is 0 Å². The molecular weight excluding hydrogens is 959 g/mol. The Bertz CT molecular complexity index is 2100. The number of aliphatic hydroxyl groups is 1. The van der Waals surface area contributed by atoms with Gasteiger partial charge in [0.1, 0.15) is 36.3 Å². The maximum Gasteiger partial charge on any atom is 0.305 e. The number of amides is 9. The van der Waals surface area contributed by atoms with E-state index in [2.05, 4.69) is 42.5 Å². The fourth-order valence-electron chi connectivity index (χ4n) is 7.09. The minimum absolute atomic E-state index is 0.0273. The summed E-state index contributed by atoms with van der Waals surface area (Å²) in [6, 6.07) is -11.7. The van der Waals surface area contributed by atoms with E-state index in [9.17, 15) is 82.8 Å². The Balaban J connectivity index is 2.56. The summed E-state index contributed by atoms with van der Waals surface area (Å²) in [5, 5.41) is 67.0. The van der Waals surface area contributed by atoms with E-state index in [4.69, 9.17) is 15.9 Å². The van der Waals surface area contributed by atoms with Gasteiger partial charge in [-0.2, -0.15) is 0 Å². The number of carboxylic acids is 3. The molecule has 0 bridgehead atoms. The fourth-order valence-corrected chi connectivity index (χ4v) is 7.09. The lowest BCUT2D eigenvalue weighted by atomic mass is 9.91. The molecule has 0 radical (unpaired) electrons. The van der Waals surface area contributed by atoms with Crippen LogP contribution in [0.25, 0.3) is 0 Å². The highest BCUT2D eigenvalue weighted by molar-refractivity contribution is 6.21. The third-order valence-corrected chi connectivity index (χ3v) is 10.9. The molecule has 0 saturated carbocycles. The maximum atomic E-state index is 14.0. The zero-order valence-corrected chi connectivity index (χ0v) is 40.0. The molecule has 1 heterocycles. The molecule has 29 nitrogen and oxygen atoms in total. The molecular formula is C43H65N11O18. The number of aliphatic hydroxyl groups excluding tert-OH is 1. The van der Waals surface area contributed by atoms with Gasteiger partial charge in [-0.25, -0.2) is 0 Å². The lowest BCUT2D eigenvalue weighted by molar-refractivity contribution is -0.142. The van der Waals surface area contributed by atoms with Gasteiger partial charge in [0.15, 0.2) is 5.78 Å². The van der Waals surface area contributed by atoms with Gasteiger partial charge in [-0.05, 0) is 58.4 Å². The van der Waals surface area contributed by atoms with Gasteiger partial charge in [0.2, 0.25) is 53.2 Å². The van der Waals surface area contributed by atoms with Crippen LogP contribution in [0.1, 0.15) is 85.0 Å². The molecule has 72 heavy (non-hydrogen) atoms. The summed E-state index contributed by atoms with van der Waals surface area (Å²) >= 11 is 0. The van der Waals surface area contributed by atoms with Gasteiger partial charge in [-0.1, -0.05) is 13.0 Å².